The van der Waals surface area contributed by atoms with Gasteiger partial charge in [-0.3, -0.25) is 0 Å². The van der Waals surface area contributed by atoms with Gasteiger partial charge in [0.2, 0.25) is 0 Å². The normalized spacial score (nSPS) is 14.5. The number of nitrogens with zero attached hydrogens (tertiary/aromatic N) is 1. The quantitative estimate of drug-likeness (QED) is 0.274. The number of aliphatic hydroxyl groups excluding tert-OH is 1. The van der Waals surface area contributed by atoms with Gasteiger partial charge in [-0.25, -0.2) is 5.21 Å². The van der Waals surface area contributed by atoms with Crippen LogP contribution < -0.4 is 17.0 Å². The summed E-state index contributed by atoms with van der Waals surface area (Å²) in [6.45, 7) is 4.24. The first-order chi connectivity index (χ1) is 9.93. The van der Waals surface area contributed by atoms with Gasteiger partial charge < -0.3 is 22.1 Å². The minimum atomic E-state index is -0.399. The molecule has 0 heterocycles. The molecule has 22 heavy (non-hydrogen) atoms. The van der Waals surface area contributed by atoms with Gasteiger partial charge in [-0.15, -0.1) is 0 Å². The highest BCUT2D eigenvalue weighted by Gasteiger charge is 2.32. The van der Waals surface area contributed by atoms with Crippen molar-refractivity contribution in [2.75, 3.05) is 14.1 Å². The molecule has 2 unspecified atom stereocenters. The van der Waals surface area contributed by atoms with Crippen LogP contribution in [0.25, 0.3) is 0 Å². The second-order valence-electron chi connectivity index (χ2n) is 6.99. The highest BCUT2D eigenvalue weighted by atomic mass is 79.9. The SMILES string of the molecule is CCCCCCCCCCCCC(C(O)CC)[N+](C)(C)O.[Br-]. The topological polar surface area (TPSA) is 40.5 Å². The van der Waals surface area contributed by atoms with Crippen molar-refractivity contribution in [1.29, 1.82) is 0 Å². The summed E-state index contributed by atoms with van der Waals surface area (Å²) in [4.78, 5) is 0. The second kappa shape index (κ2) is 14.9. The molecule has 0 aliphatic carbocycles. The summed E-state index contributed by atoms with van der Waals surface area (Å²) in [5, 5.41) is 20.1. The zero-order chi connectivity index (χ0) is 16.1. The van der Waals surface area contributed by atoms with Crippen molar-refractivity contribution in [1.82, 2.24) is 0 Å². The standard InChI is InChI=1S/C18H40NO2.BrH/c1-5-7-8-9-10-11-12-13-14-15-16-17(18(20)6-2)19(3,4)21;/h17-18,20-21H,5-16H2,1-4H3;1H/q+1;/p-1. The predicted molar refractivity (Wildman–Crippen MR) is 90.4 cm³/mol. The molecule has 0 radical (unpaired) electrons. The van der Waals surface area contributed by atoms with Crippen molar-refractivity contribution in [2.24, 2.45) is 0 Å². The van der Waals surface area contributed by atoms with Crippen LogP contribution in [0, 0.1) is 0 Å². The van der Waals surface area contributed by atoms with Crippen LogP contribution in [0.3, 0.4) is 0 Å². The lowest BCUT2D eigenvalue weighted by Gasteiger charge is -2.33. The van der Waals surface area contributed by atoms with Crippen LogP contribution in [0.15, 0.2) is 0 Å². The van der Waals surface area contributed by atoms with E-state index in [2.05, 4.69) is 6.92 Å². The Morgan fingerprint density at radius 2 is 1.18 bits per heavy atom. The molecule has 0 aromatic carbocycles. The number of halogens is 1. The number of quaternary nitrogens is 1. The minimum Gasteiger partial charge on any atom is -1.00 e. The van der Waals surface area contributed by atoms with Gasteiger partial charge >= 0.3 is 0 Å². The van der Waals surface area contributed by atoms with Crippen LogP contribution >= 0.6 is 0 Å². The van der Waals surface area contributed by atoms with Crippen LogP contribution in [0.4, 0.5) is 0 Å². The van der Waals surface area contributed by atoms with E-state index in [9.17, 15) is 10.3 Å². The van der Waals surface area contributed by atoms with Gasteiger partial charge in [0.1, 0.15) is 12.1 Å². The van der Waals surface area contributed by atoms with E-state index in [4.69, 9.17) is 0 Å². The summed E-state index contributed by atoms with van der Waals surface area (Å²) in [6.07, 6.45) is 14.5. The Kier molecular flexibility index (Phi) is 16.7. The van der Waals surface area contributed by atoms with Crippen molar-refractivity contribution in [3.8, 4) is 0 Å². The van der Waals surface area contributed by atoms with Crippen LogP contribution in [0.1, 0.15) is 90.9 Å². The van der Waals surface area contributed by atoms with Gasteiger partial charge in [-0.1, -0.05) is 71.6 Å². The highest BCUT2D eigenvalue weighted by Crippen LogP contribution is 2.19. The van der Waals surface area contributed by atoms with Crippen molar-refractivity contribution < 1.29 is 31.9 Å². The lowest BCUT2D eigenvalue weighted by molar-refractivity contribution is -1.09. The molecule has 2 N–H and O–H groups in total. The number of rotatable bonds is 14. The van der Waals surface area contributed by atoms with E-state index in [0.29, 0.717) is 6.42 Å². The van der Waals surface area contributed by atoms with Gasteiger partial charge in [0, 0.05) is 6.42 Å². The maximum absolute atomic E-state index is 10.1. The van der Waals surface area contributed by atoms with E-state index in [1.54, 1.807) is 14.1 Å². The summed E-state index contributed by atoms with van der Waals surface area (Å²) < 4.78 is -0.119. The summed E-state index contributed by atoms with van der Waals surface area (Å²) >= 11 is 0. The third kappa shape index (κ3) is 12.9. The monoisotopic (exact) mass is 381 g/mol. The van der Waals surface area contributed by atoms with E-state index in [1.807, 2.05) is 6.92 Å². The van der Waals surface area contributed by atoms with Gasteiger partial charge in [0.25, 0.3) is 0 Å². The average Bonchev–Trinajstić information content (AvgIpc) is 2.42. The molecule has 0 saturated carbocycles. The summed E-state index contributed by atoms with van der Waals surface area (Å²) in [5.74, 6) is 0. The second-order valence-corrected chi connectivity index (χ2v) is 6.99. The van der Waals surface area contributed by atoms with Gasteiger partial charge in [0.15, 0.2) is 0 Å². The Morgan fingerprint density at radius 3 is 1.55 bits per heavy atom. The molecule has 2 atom stereocenters. The number of likely N-dealkylation sites (N-methyl/N-ethyl adjacent to an activating group) is 1. The molecule has 0 aliphatic heterocycles. The molecule has 0 spiro atoms. The summed E-state index contributed by atoms with van der Waals surface area (Å²) in [6, 6.07) is -0.0518. The minimum absolute atomic E-state index is 0. The van der Waals surface area contributed by atoms with Crippen molar-refractivity contribution in [2.45, 2.75) is 103 Å². The molecule has 0 aromatic rings. The Balaban J connectivity index is 0. The van der Waals surface area contributed by atoms with Crippen LogP contribution in [0.2, 0.25) is 0 Å². The molecule has 0 rings (SSSR count). The Labute approximate surface area is 149 Å². The summed E-state index contributed by atoms with van der Waals surface area (Å²) in [5.41, 5.74) is 0. The number of unbranched alkanes of at least 4 members (excludes halogenated alkanes) is 9. The van der Waals surface area contributed by atoms with Crippen LogP contribution in [0.5, 0.6) is 0 Å². The van der Waals surface area contributed by atoms with E-state index >= 15 is 0 Å². The molecule has 136 valence electrons. The number of hydroxylamine groups is 3. The fraction of sp³-hybridized carbons (Fsp3) is 1.00. The first-order valence-electron chi connectivity index (χ1n) is 9.17. The Hall–Kier alpha value is 0.360. The first-order valence-corrected chi connectivity index (χ1v) is 9.17. The Morgan fingerprint density at radius 1 is 0.773 bits per heavy atom. The van der Waals surface area contributed by atoms with E-state index in [1.165, 1.54) is 57.8 Å². The Bertz CT molecular complexity index is 232. The molecular weight excluding hydrogens is 342 g/mol. The van der Waals surface area contributed by atoms with Gasteiger partial charge in [-0.2, -0.15) is 4.65 Å². The highest BCUT2D eigenvalue weighted by molar-refractivity contribution is 4.67. The number of hydrogen-bond donors (Lipinski definition) is 2. The van der Waals surface area contributed by atoms with Crippen LogP contribution in [-0.2, 0) is 0 Å². The van der Waals surface area contributed by atoms with Crippen molar-refractivity contribution in [3.63, 3.8) is 0 Å². The average molecular weight is 382 g/mol. The van der Waals surface area contributed by atoms with E-state index in [-0.39, 0.29) is 27.7 Å². The van der Waals surface area contributed by atoms with Gasteiger partial charge in [0.05, 0.1) is 14.1 Å². The largest absolute Gasteiger partial charge is 1.00 e. The van der Waals surface area contributed by atoms with Crippen LogP contribution in [-0.4, -0.2) is 41.2 Å². The van der Waals surface area contributed by atoms with E-state index in [0.717, 1.165) is 12.8 Å². The molecule has 3 nitrogen and oxygen atoms in total. The third-order valence-corrected chi connectivity index (χ3v) is 4.53. The lowest BCUT2D eigenvalue weighted by atomic mass is 9.99. The van der Waals surface area contributed by atoms with E-state index < -0.39 is 6.10 Å². The molecule has 0 aliphatic rings. The molecule has 4 heteroatoms. The van der Waals surface area contributed by atoms with Gasteiger partial charge in [-0.05, 0) is 12.8 Å². The number of hydrogen-bond acceptors (Lipinski definition) is 2. The van der Waals surface area contributed by atoms with Crippen molar-refractivity contribution >= 4 is 0 Å². The van der Waals surface area contributed by atoms with Crippen molar-refractivity contribution in [3.05, 3.63) is 0 Å². The predicted octanol–water partition coefficient (Wildman–Crippen LogP) is 1.91. The smallest absolute Gasteiger partial charge is 0.144 e. The molecule has 0 saturated heterocycles. The summed E-state index contributed by atoms with van der Waals surface area (Å²) in [7, 11) is 3.53. The maximum Gasteiger partial charge on any atom is 0.144 e. The lowest BCUT2D eigenvalue weighted by Crippen LogP contribution is -3.00. The fourth-order valence-electron chi connectivity index (χ4n) is 3.04. The maximum atomic E-state index is 10.1. The molecule has 0 fully saturated rings. The zero-order valence-corrected chi connectivity index (χ0v) is 16.9. The number of aliphatic hydroxyl groups is 1. The third-order valence-electron chi connectivity index (χ3n) is 4.53. The fourth-order valence-corrected chi connectivity index (χ4v) is 3.04. The molecule has 0 aromatic heterocycles. The zero-order valence-electron chi connectivity index (χ0n) is 15.4. The first kappa shape index (κ1) is 24.6. The molecule has 0 amide bonds. The molecule has 0 bridgehead atoms. The molecular formula is C18H40BrNO2.